The lowest BCUT2D eigenvalue weighted by atomic mass is 10.4. The van der Waals surface area contributed by atoms with Crippen molar-refractivity contribution in [1.82, 2.24) is 10.3 Å². The molecule has 0 aliphatic rings. The maximum atomic E-state index is 10.9. The van der Waals surface area contributed by atoms with E-state index in [4.69, 9.17) is 0 Å². The zero-order chi connectivity index (χ0) is 8.91. The summed E-state index contributed by atoms with van der Waals surface area (Å²) in [5.74, 6) is 0. The van der Waals surface area contributed by atoms with Crippen LogP contribution in [0, 0.1) is 0 Å². The Morgan fingerprint density at radius 1 is 1.36 bits per heavy atom. The predicted octanol–water partition coefficient (Wildman–Crippen LogP) is 0.352. The van der Waals surface area contributed by atoms with Gasteiger partial charge in [0.2, 0.25) is 10.0 Å². The molecule has 0 aromatic heterocycles. The van der Waals surface area contributed by atoms with Gasteiger partial charge in [-0.3, -0.25) is 0 Å². The van der Waals surface area contributed by atoms with Crippen molar-refractivity contribution >= 4 is 10.0 Å². The Morgan fingerprint density at radius 2 is 1.91 bits per heavy atom. The van der Waals surface area contributed by atoms with E-state index in [1.54, 1.807) is 6.92 Å². The van der Waals surface area contributed by atoms with Crippen molar-refractivity contribution in [3.8, 4) is 0 Å². The third kappa shape index (κ3) is 6.03. The van der Waals surface area contributed by atoms with Crippen LogP contribution in [0.15, 0.2) is 11.5 Å². The molecule has 2 N–H and O–H groups in total. The summed E-state index contributed by atoms with van der Waals surface area (Å²) in [4.78, 5) is 2.19. The molecule has 66 valence electrons. The van der Waals surface area contributed by atoms with E-state index in [1.165, 1.54) is 6.08 Å². The molecule has 0 rings (SSSR count). The van der Waals surface area contributed by atoms with E-state index >= 15 is 0 Å². The van der Waals surface area contributed by atoms with Crippen molar-refractivity contribution in [2.75, 3.05) is 0 Å². The number of allylic oxidation sites excluding steroid dienone is 1. The van der Waals surface area contributed by atoms with Gasteiger partial charge in [0.15, 0.2) is 0 Å². The van der Waals surface area contributed by atoms with Gasteiger partial charge in [-0.2, -0.15) is 0 Å². The molecular weight excluding hydrogens is 164 g/mol. The minimum absolute atomic E-state index is 0.0926. The molecule has 0 saturated carbocycles. The Bertz CT molecular complexity index is 219. The average Bonchev–Trinajstić information content (AvgIpc) is 1.84. The SMILES string of the molecule is CC=CS(=O)(=O)NNC(C)C. The maximum Gasteiger partial charge on any atom is 0.246 e. The Kier molecular flexibility index (Phi) is 4.32. The van der Waals surface area contributed by atoms with Gasteiger partial charge in [-0.15, -0.1) is 4.83 Å². The van der Waals surface area contributed by atoms with Gasteiger partial charge in [0.05, 0.1) is 0 Å². The van der Waals surface area contributed by atoms with Crippen molar-refractivity contribution in [3.05, 3.63) is 11.5 Å². The van der Waals surface area contributed by atoms with Gasteiger partial charge < -0.3 is 0 Å². The molecule has 0 aliphatic heterocycles. The van der Waals surface area contributed by atoms with Crippen LogP contribution in [-0.4, -0.2) is 14.5 Å². The fraction of sp³-hybridized carbons (Fsp3) is 0.667. The van der Waals surface area contributed by atoms with E-state index in [1.807, 2.05) is 13.8 Å². The molecular formula is C6H14N2O2S. The first-order chi connectivity index (χ1) is 4.98. The highest BCUT2D eigenvalue weighted by Gasteiger charge is 2.02. The summed E-state index contributed by atoms with van der Waals surface area (Å²) in [5, 5.41) is 1.10. The van der Waals surface area contributed by atoms with Gasteiger partial charge in [-0.25, -0.2) is 13.8 Å². The van der Waals surface area contributed by atoms with Crippen LogP contribution in [0.25, 0.3) is 0 Å². The maximum absolute atomic E-state index is 10.9. The molecule has 0 fully saturated rings. The fourth-order valence-corrected chi connectivity index (χ4v) is 1.24. The highest BCUT2D eigenvalue weighted by Crippen LogP contribution is 1.84. The second-order valence-corrected chi connectivity index (χ2v) is 3.98. The van der Waals surface area contributed by atoms with E-state index in [0.29, 0.717) is 0 Å². The van der Waals surface area contributed by atoms with E-state index < -0.39 is 10.0 Å². The summed E-state index contributed by atoms with van der Waals surface area (Å²) in [6, 6.07) is 0.0926. The monoisotopic (exact) mass is 178 g/mol. The zero-order valence-electron chi connectivity index (χ0n) is 6.96. The number of sulfonamides is 1. The molecule has 0 aromatic rings. The third-order valence-corrected chi connectivity index (χ3v) is 1.84. The van der Waals surface area contributed by atoms with Crippen molar-refractivity contribution in [1.29, 1.82) is 0 Å². The van der Waals surface area contributed by atoms with Gasteiger partial charge in [-0.1, -0.05) is 6.08 Å². The smallest absolute Gasteiger partial charge is 0.241 e. The normalized spacial score (nSPS) is 13.1. The quantitative estimate of drug-likeness (QED) is 0.611. The van der Waals surface area contributed by atoms with Crippen LogP contribution in [0.4, 0.5) is 0 Å². The number of hydrogen-bond acceptors (Lipinski definition) is 3. The molecule has 0 atom stereocenters. The van der Waals surface area contributed by atoms with Crippen LogP contribution < -0.4 is 10.3 Å². The third-order valence-electron chi connectivity index (χ3n) is 0.805. The van der Waals surface area contributed by atoms with Crippen LogP contribution in [0.2, 0.25) is 0 Å². The summed E-state index contributed by atoms with van der Waals surface area (Å²) in [6.07, 6.45) is 1.46. The van der Waals surface area contributed by atoms with Crippen molar-refractivity contribution in [2.24, 2.45) is 0 Å². The largest absolute Gasteiger partial charge is 0.246 e. The lowest BCUT2D eigenvalue weighted by Gasteiger charge is -2.07. The molecule has 0 spiro atoms. The molecule has 0 aliphatic carbocycles. The van der Waals surface area contributed by atoms with Crippen LogP contribution in [0.1, 0.15) is 20.8 Å². The summed E-state index contributed by atoms with van der Waals surface area (Å²) in [5.41, 5.74) is 2.58. The van der Waals surface area contributed by atoms with Crippen molar-refractivity contribution in [2.45, 2.75) is 26.8 Å². The van der Waals surface area contributed by atoms with Crippen LogP contribution in [-0.2, 0) is 10.0 Å². The highest BCUT2D eigenvalue weighted by atomic mass is 32.2. The first-order valence-electron chi connectivity index (χ1n) is 3.38. The van der Waals surface area contributed by atoms with E-state index in [-0.39, 0.29) is 6.04 Å². The number of hydrazine groups is 1. The molecule has 0 heterocycles. The minimum Gasteiger partial charge on any atom is -0.241 e. The molecule has 0 aromatic carbocycles. The summed E-state index contributed by atoms with van der Waals surface area (Å²) in [7, 11) is -3.27. The second-order valence-electron chi connectivity index (χ2n) is 2.42. The molecule has 0 bridgehead atoms. The molecule has 11 heavy (non-hydrogen) atoms. The van der Waals surface area contributed by atoms with E-state index in [9.17, 15) is 8.42 Å². The summed E-state index contributed by atoms with van der Waals surface area (Å²) in [6.45, 7) is 5.34. The van der Waals surface area contributed by atoms with Gasteiger partial charge in [0, 0.05) is 11.4 Å². The lowest BCUT2D eigenvalue weighted by molar-refractivity contribution is 0.529. The summed E-state index contributed by atoms with van der Waals surface area (Å²) >= 11 is 0. The molecule has 0 amide bonds. The molecule has 5 heteroatoms. The second kappa shape index (κ2) is 4.48. The highest BCUT2D eigenvalue weighted by molar-refractivity contribution is 7.92. The van der Waals surface area contributed by atoms with Gasteiger partial charge >= 0.3 is 0 Å². The Hall–Kier alpha value is -0.390. The zero-order valence-corrected chi connectivity index (χ0v) is 7.77. The number of nitrogens with one attached hydrogen (secondary N) is 2. The first kappa shape index (κ1) is 10.6. The van der Waals surface area contributed by atoms with Crippen molar-refractivity contribution < 1.29 is 8.42 Å². The van der Waals surface area contributed by atoms with E-state index in [0.717, 1.165) is 5.41 Å². The van der Waals surface area contributed by atoms with Gasteiger partial charge in [0.25, 0.3) is 0 Å². The standard InChI is InChI=1S/C6H14N2O2S/c1-4-5-11(9,10)8-7-6(2)3/h4-8H,1-3H3. The lowest BCUT2D eigenvalue weighted by Crippen LogP contribution is -2.40. The van der Waals surface area contributed by atoms with Crippen LogP contribution >= 0.6 is 0 Å². The van der Waals surface area contributed by atoms with E-state index in [2.05, 4.69) is 10.3 Å². The number of hydrogen-bond donors (Lipinski definition) is 2. The number of rotatable bonds is 4. The van der Waals surface area contributed by atoms with Gasteiger partial charge in [-0.05, 0) is 20.8 Å². The summed E-state index contributed by atoms with van der Waals surface area (Å²) < 4.78 is 21.7. The van der Waals surface area contributed by atoms with Gasteiger partial charge in [0.1, 0.15) is 0 Å². The Morgan fingerprint density at radius 3 is 2.27 bits per heavy atom. The fourth-order valence-electron chi connectivity index (χ4n) is 0.413. The average molecular weight is 178 g/mol. The molecule has 0 saturated heterocycles. The Balaban J connectivity index is 3.95. The first-order valence-corrected chi connectivity index (χ1v) is 4.92. The minimum atomic E-state index is -3.27. The molecule has 0 radical (unpaired) electrons. The molecule has 0 unspecified atom stereocenters. The molecule has 4 nitrogen and oxygen atoms in total. The van der Waals surface area contributed by atoms with Crippen molar-refractivity contribution in [3.63, 3.8) is 0 Å². The van der Waals surface area contributed by atoms with Crippen LogP contribution in [0.3, 0.4) is 0 Å². The predicted molar refractivity (Wildman–Crippen MR) is 45.1 cm³/mol. The van der Waals surface area contributed by atoms with Crippen LogP contribution in [0.5, 0.6) is 0 Å². The topological polar surface area (TPSA) is 58.2 Å². The Labute approximate surface area is 67.7 Å².